The highest BCUT2D eigenvalue weighted by atomic mass is 16.6. The molecule has 0 bridgehead atoms. The van der Waals surface area contributed by atoms with E-state index in [0.29, 0.717) is 6.61 Å². The summed E-state index contributed by atoms with van der Waals surface area (Å²) in [7, 11) is 2.79. The van der Waals surface area contributed by atoms with Gasteiger partial charge in [0.1, 0.15) is 6.61 Å². The summed E-state index contributed by atoms with van der Waals surface area (Å²) >= 11 is 0. The second-order valence-electron chi connectivity index (χ2n) is 2.29. The van der Waals surface area contributed by atoms with E-state index in [4.69, 9.17) is 4.74 Å². The average Bonchev–Trinajstić information content (AvgIpc) is 2.14. The number of methoxy groups -OCH3 is 2. The Morgan fingerprint density at radius 2 is 1.62 bits per heavy atom. The quantitative estimate of drug-likeness (QED) is 0.440. The molecule has 0 aromatic rings. The molecule has 5 nitrogen and oxygen atoms in total. The molecule has 0 saturated carbocycles. The van der Waals surface area contributed by atoms with Gasteiger partial charge >= 0.3 is 11.9 Å². The third kappa shape index (κ3) is 7.27. The second kappa shape index (κ2) is 7.54. The van der Waals surface area contributed by atoms with E-state index >= 15 is 0 Å². The van der Waals surface area contributed by atoms with Crippen molar-refractivity contribution >= 4 is 11.9 Å². The maximum atomic E-state index is 10.9. The number of esters is 2. The average molecular weight is 190 g/mol. The van der Waals surface area contributed by atoms with E-state index in [1.54, 1.807) is 0 Å². The minimum absolute atomic E-state index is 0.0520. The standard InChI is InChI=1S/C8H14O5/c1-11-5-6-13-8(10)4-3-7(9)12-2/h3-6H2,1-2H3. The third-order valence-electron chi connectivity index (χ3n) is 1.31. The largest absolute Gasteiger partial charge is 0.469 e. The van der Waals surface area contributed by atoms with Gasteiger partial charge in [-0.15, -0.1) is 0 Å². The van der Waals surface area contributed by atoms with Gasteiger partial charge in [0.15, 0.2) is 0 Å². The normalized spacial score (nSPS) is 9.38. The van der Waals surface area contributed by atoms with E-state index in [1.165, 1.54) is 14.2 Å². The van der Waals surface area contributed by atoms with Crippen molar-refractivity contribution in [2.45, 2.75) is 12.8 Å². The Hall–Kier alpha value is -1.10. The first kappa shape index (κ1) is 11.9. The molecule has 0 spiro atoms. The molecule has 0 fully saturated rings. The second-order valence-corrected chi connectivity index (χ2v) is 2.29. The maximum absolute atomic E-state index is 10.9. The van der Waals surface area contributed by atoms with Crippen molar-refractivity contribution in [2.24, 2.45) is 0 Å². The Kier molecular flexibility index (Phi) is 6.91. The lowest BCUT2D eigenvalue weighted by Gasteiger charge is -2.02. The lowest BCUT2D eigenvalue weighted by atomic mass is 10.3. The van der Waals surface area contributed by atoms with Crippen LogP contribution in [-0.4, -0.2) is 39.4 Å². The molecule has 0 unspecified atom stereocenters. The van der Waals surface area contributed by atoms with Gasteiger partial charge in [-0.25, -0.2) is 0 Å². The monoisotopic (exact) mass is 190 g/mol. The summed E-state index contributed by atoms with van der Waals surface area (Å²) in [6.07, 6.45) is 0.110. The Balaban J connectivity index is 3.35. The molecule has 0 rings (SSSR count). The molecule has 0 aliphatic rings. The van der Waals surface area contributed by atoms with Crippen LogP contribution in [0, 0.1) is 0 Å². The first-order valence-electron chi connectivity index (χ1n) is 3.92. The molecule has 0 aliphatic heterocycles. The Labute approximate surface area is 77.0 Å². The Morgan fingerprint density at radius 3 is 2.15 bits per heavy atom. The molecule has 0 aromatic heterocycles. The van der Waals surface area contributed by atoms with Crippen molar-refractivity contribution in [3.8, 4) is 0 Å². The molecule has 0 amide bonds. The topological polar surface area (TPSA) is 61.8 Å². The fourth-order valence-electron chi connectivity index (χ4n) is 0.617. The summed E-state index contributed by atoms with van der Waals surface area (Å²) in [5.41, 5.74) is 0. The zero-order valence-corrected chi connectivity index (χ0v) is 7.87. The lowest BCUT2D eigenvalue weighted by molar-refractivity contribution is -0.149. The van der Waals surface area contributed by atoms with Crippen molar-refractivity contribution < 1.29 is 23.8 Å². The van der Waals surface area contributed by atoms with Gasteiger partial charge in [-0.2, -0.15) is 0 Å². The molecule has 0 aromatic carbocycles. The molecule has 0 atom stereocenters. The number of hydrogen-bond donors (Lipinski definition) is 0. The maximum Gasteiger partial charge on any atom is 0.306 e. The SMILES string of the molecule is COCCOC(=O)CCC(=O)OC. The van der Waals surface area contributed by atoms with E-state index < -0.39 is 11.9 Å². The van der Waals surface area contributed by atoms with E-state index in [0.717, 1.165) is 0 Å². The van der Waals surface area contributed by atoms with Gasteiger partial charge in [-0.05, 0) is 0 Å². The van der Waals surface area contributed by atoms with Crippen LogP contribution in [0.4, 0.5) is 0 Å². The highest BCUT2D eigenvalue weighted by Crippen LogP contribution is 1.94. The number of hydrogen-bond acceptors (Lipinski definition) is 5. The van der Waals surface area contributed by atoms with Crippen LogP contribution in [0.2, 0.25) is 0 Å². The van der Waals surface area contributed by atoms with E-state index in [9.17, 15) is 9.59 Å². The van der Waals surface area contributed by atoms with Gasteiger partial charge in [0.2, 0.25) is 0 Å². The van der Waals surface area contributed by atoms with E-state index in [2.05, 4.69) is 9.47 Å². The summed E-state index contributed by atoms with van der Waals surface area (Å²) in [4.78, 5) is 21.4. The predicted octanol–water partition coefficient (Wildman–Crippen LogP) is 0.129. The summed E-state index contributed by atoms with van der Waals surface area (Å²) in [5.74, 6) is -0.828. The van der Waals surface area contributed by atoms with Crippen LogP contribution in [0.5, 0.6) is 0 Å². The van der Waals surface area contributed by atoms with E-state index in [1.807, 2.05) is 0 Å². The summed E-state index contributed by atoms with van der Waals surface area (Å²) in [5, 5.41) is 0. The summed E-state index contributed by atoms with van der Waals surface area (Å²) < 4.78 is 13.7. The molecular formula is C8H14O5. The van der Waals surface area contributed by atoms with Crippen LogP contribution in [0.15, 0.2) is 0 Å². The predicted molar refractivity (Wildman–Crippen MR) is 44.1 cm³/mol. The van der Waals surface area contributed by atoms with Gasteiger partial charge in [0.25, 0.3) is 0 Å². The highest BCUT2D eigenvalue weighted by molar-refractivity contribution is 5.77. The van der Waals surface area contributed by atoms with Gasteiger partial charge in [-0.1, -0.05) is 0 Å². The van der Waals surface area contributed by atoms with Crippen LogP contribution in [0.25, 0.3) is 0 Å². The molecule has 0 saturated heterocycles. The molecule has 0 heterocycles. The lowest BCUT2D eigenvalue weighted by Crippen LogP contribution is -2.11. The molecule has 0 N–H and O–H groups in total. The fourth-order valence-corrected chi connectivity index (χ4v) is 0.617. The van der Waals surface area contributed by atoms with Crippen LogP contribution < -0.4 is 0 Å². The summed E-state index contributed by atoms with van der Waals surface area (Å²) in [6.45, 7) is 0.584. The summed E-state index contributed by atoms with van der Waals surface area (Å²) in [6, 6.07) is 0. The van der Waals surface area contributed by atoms with Crippen molar-refractivity contribution in [2.75, 3.05) is 27.4 Å². The van der Waals surface area contributed by atoms with Gasteiger partial charge in [0.05, 0.1) is 26.6 Å². The molecule has 13 heavy (non-hydrogen) atoms. The zero-order valence-electron chi connectivity index (χ0n) is 7.87. The van der Waals surface area contributed by atoms with Crippen LogP contribution in [0.1, 0.15) is 12.8 Å². The minimum Gasteiger partial charge on any atom is -0.469 e. The molecule has 5 heteroatoms. The van der Waals surface area contributed by atoms with Crippen molar-refractivity contribution in [3.63, 3.8) is 0 Å². The smallest absolute Gasteiger partial charge is 0.306 e. The van der Waals surface area contributed by atoms with Crippen molar-refractivity contribution in [1.29, 1.82) is 0 Å². The van der Waals surface area contributed by atoms with Crippen LogP contribution >= 0.6 is 0 Å². The Bertz CT molecular complexity index is 166. The van der Waals surface area contributed by atoms with E-state index in [-0.39, 0.29) is 19.4 Å². The molecule has 76 valence electrons. The van der Waals surface area contributed by atoms with Crippen molar-refractivity contribution in [3.05, 3.63) is 0 Å². The minimum atomic E-state index is -0.414. The highest BCUT2D eigenvalue weighted by Gasteiger charge is 2.07. The zero-order chi connectivity index (χ0) is 10.1. The number of rotatable bonds is 6. The van der Waals surface area contributed by atoms with Gasteiger partial charge in [0, 0.05) is 7.11 Å². The molecule has 0 radical (unpaired) electrons. The van der Waals surface area contributed by atoms with Gasteiger partial charge < -0.3 is 14.2 Å². The molecule has 0 aliphatic carbocycles. The van der Waals surface area contributed by atoms with Crippen LogP contribution in [0.3, 0.4) is 0 Å². The number of carbonyl (C=O) groups is 2. The third-order valence-corrected chi connectivity index (χ3v) is 1.31. The molecular weight excluding hydrogens is 176 g/mol. The number of ether oxygens (including phenoxy) is 3. The Morgan fingerprint density at radius 1 is 1.00 bits per heavy atom. The first-order chi connectivity index (χ1) is 6.20. The first-order valence-corrected chi connectivity index (χ1v) is 3.92. The fraction of sp³-hybridized carbons (Fsp3) is 0.750. The van der Waals surface area contributed by atoms with Gasteiger partial charge in [-0.3, -0.25) is 9.59 Å². The number of carbonyl (C=O) groups excluding carboxylic acids is 2. The van der Waals surface area contributed by atoms with Crippen LogP contribution in [-0.2, 0) is 23.8 Å². The van der Waals surface area contributed by atoms with Crippen molar-refractivity contribution in [1.82, 2.24) is 0 Å².